The summed E-state index contributed by atoms with van der Waals surface area (Å²) in [6.45, 7) is 1.75. The summed E-state index contributed by atoms with van der Waals surface area (Å²) in [5.41, 5.74) is 1.95. The topological polar surface area (TPSA) is 70.2 Å². The van der Waals surface area contributed by atoms with Gasteiger partial charge in [0, 0.05) is 29.4 Å². The quantitative estimate of drug-likeness (QED) is 0.242. The number of hydrogen-bond donors (Lipinski definition) is 3. The number of anilines is 2. The molecule has 136 valence electrons. The average Bonchev–Trinajstić information content (AvgIpc) is 2.59. The number of carbonyl (C=O) groups is 2. The Morgan fingerprint density at radius 1 is 1.08 bits per heavy atom. The lowest BCUT2D eigenvalue weighted by Gasteiger charge is -2.11. The zero-order chi connectivity index (χ0) is 19.3. The van der Waals surface area contributed by atoms with Crippen molar-refractivity contribution < 1.29 is 9.59 Å². The lowest BCUT2D eigenvalue weighted by molar-refractivity contribution is -0.119. The van der Waals surface area contributed by atoms with Crippen molar-refractivity contribution in [2.24, 2.45) is 0 Å². The molecule has 0 aliphatic rings. The molecule has 0 saturated heterocycles. The third kappa shape index (κ3) is 6.13. The van der Waals surface area contributed by atoms with Crippen LogP contribution in [-0.4, -0.2) is 16.9 Å². The van der Waals surface area contributed by atoms with Gasteiger partial charge in [-0.05, 0) is 110 Å². The van der Waals surface area contributed by atoms with Gasteiger partial charge in [0.1, 0.15) is 0 Å². The summed E-state index contributed by atoms with van der Waals surface area (Å²) in [4.78, 5) is 23.8. The van der Waals surface area contributed by atoms with E-state index < -0.39 is 0 Å². The van der Waals surface area contributed by atoms with Crippen LogP contribution >= 0.6 is 73.3 Å². The molecule has 9 heteroatoms. The lowest BCUT2D eigenvalue weighted by Crippen LogP contribution is -2.33. The summed E-state index contributed by atoms with van der Waals surface area (Å²) < 4.78 is 2.73. The van der Waals surface area contributed by atoms with Gasteiger partial charge in [-0.1, -0.05) is 6.92 Å². The largest absolute Gasteiger partial charge is 0.332 e. The molecule has 0 bridgehead atoms. The van der Waals surface area contributed by atoms with Gasteiger partial charge in [0.05, 0.1) is 5.56 Å². The molecule has 0 heterocycles. The minimum absolute atomic E-state index is 0.149. The van der Waals surface area contributed by atoms with Gasteiger partial charge in [-0.3, -0.25) is 9.59 Å². The Kier molecular flexibility index (Phi) is 8.23. The van der Waals surface area contributed by atoms with E-state index in [2.05, 4.69) is 77.1 Å². The Bertz CT molecular complexity index is 860. The van der Waals surface area contributed by atoms with Crippen LogP contribution in [0.2, 0.25) is 0 Å². The first-order chi connectivity index (χ1) is 12.3. The maximum atomic E-state index is 12.5. The predicted octanol–water partition coefficient (Wildman–Crippen LogP) is 5.13. The third-order valence-corrected chi connectivity index (χ3v) is 6.49. The molecule has 26 heavy (non-hydrogen) atoms. The second-order valence-electron chi connectivity index (χ2n) is 5.14. The first-order valence-corrected chi connectivity index (χ1v) is 10.8. The highest BCUT2D eigenvalue weighted by Gasteiger charge is 2.14. The highest BCUT2D eigenvalue weighted by atomic mass is 127. The molecule has 0 spiro atoms. The van der Waals surface area contributed by atoms with Crippen molar-refractivity contribution in [3.05, 3.63) is 53.6 Å². The number of rotatable bonds is 4. The highest BCUT2D eigenvalue weighted by molar-refractivity contribution is 14.1. The Labute approximate surface area is 192 Å². The molecule has 0 unspecified atom stereocenters. The minimum Gasteiger partial charge on any atom is -0.332 e. The molecule has 3 N–H and O–H groups in total. The standard InChI is InChI=1S/C17H14BrI2N3O2S/c1-2-14(24)23-17(26)22-11-5-3-10(4-6-11)21-16(25)12-7-9(19)8-13(20)15(12)18/h3-8H,2H2,1H3,(H,21,25)(H2,22,23,24,26). The van der Waals surface area contributed by atoms with E-state index >= 15 is 0 Å². The van der Waals surface area contributed by atoms with E-state index in [0.717, 1.165) is 17.3 Å². The normalized spacial score (nSPS) is 10.2. The summed E-state index contributed by atoms with van der Waals surface area (Å²) in [7, 11) is 0. The second-order valence-corrected chi connectivity index (χ2v) is 8.75. The Morgan fingerprint density at radius 3 is 2.23 bits per heavy atom. The smallest absolute Gasteiger partial charge is 0.256 e. The van der Waals surface area contributed by atoms with Gasteiger partial charge >= 0.3 is 0 Å². The number of thiocarbonyl (C=S) groups is 1. The molecule has 0 saturated carbocycles. The van der Waals surface area contributed by atoms with Gasteiger partial charge in [-0.25, -0.2) is 0 Å². The van der Waals surface area contributed by atoms with Crippen LogP contribution in [0.15, 0.2) is 40.9 Å². The monoisotopic (exact) mass is 657 g/mol. The summed E-state index contributed by atoms with van der Waals surface area (Å²) in [6, 6.07) is 10.9. The molecule has 0 fully saturated rings. The van der Waals surface area contributed by atoms with Gasteiger partial charge in [0.15, 0.2) is 5.11 Å². The number of hydrogen-bond acceptors (Lipinski definition) is 3. The number of halogens is 3. The van der Waals surface area contributed by atoms with Crippen molar-refractivity contribution in [2.75, 3.05) is 10.6 Å². The molecule has 2 aromatic carbocycles. The Morgan fingerprint density at radius 2 is 1.65 bits per heavy atom. The van der Waals surface area contributed by atoms with Crippen LogP contribution in [0.1, 0.15) is 23.7 Å². The minimum atomic E-state index is -0.195. The van der Waals surface area contributed by atoms with Gasteiger partial charge in [0.25, 0.3) is 5.91 Å². The van der Waals surface area contributed by atoms with Crippen LogP contribution in [0.4, 0.5) is 11.4 Å². The van der Waals surface area contributed by atoms with Crippen molar-refractivity contribution in [3.63, 3.8) is 0 Å². The molecule has 2 rings (SSSR count). The van der Waals surface area contributed by atoms with Crippen LogP contribution in [-0.2, 0) is 4.79 Å². The van der Waals surface area contributed by atoms with Crippen molar-refractivity contribution >= 4 is 102 Å². The second kappa shape index (κ2) is 9.95. The summed E-state index contributed by atoms with van der Waals surface area (Å²) in [6.07, 6.45) is 0.361. The average molecular weight is 658 g/mol. The van der Waals surface area contributed by atoms with Crippen molar-refractivity contribution in [1.82, 2.24) is 5.32 Å². The van der Waals surface area contributed by atoms with Crippen molar-refractivity contribution in [1.29, 1.82) is 0 Å². The van der Waals surface area contributed by atoms with Crippen LogP contribution in [0.5, 0.6) is 0 Å². The van der Waals surface area contributed by atoms with Crippen molar-refractivity contribution in [2.45, 2.75) is 13.3 Å². The van der Waals surface area contributed by atoms with Gasteiger partial charge in [-0.2, -0.15) is 0 Å². The van der Waals surface area contributed by atoms with E-state index in [0.29, 0.717) is 17.7 Å². The predicted molar refractivity (Wildman–Crippen MR) is 129 cm³/mol. The zero-order valence-electron chi connectivity index (χ0n) is 13.5. The van der Waals surface area contributed by atoms with Crippen LogP contribution in [0.3, 0.4) is 0 Å². The van der Waals surface area contributed by atoms with Crippen LogP contribution in [0, 0.1) is 7.14 Å². The molecule has 0 atom stereocenters. The maximum absolute atomic E-state index is 12.5. The zero-order valence-corrected chi connectivity index (χ0v) is 20.2. The molecule has 5 nitrogen and oxygen atoms in total. The lowest BCUT2D eigenvalue weighted by atomic mass is 10.2. The van der Waals surface area contributed by atoms with Crippen LogP contribution < -0.4 is 16.0 Å². The van der Waals surface area contributed by atoms with Gasteiger partial charge in [0.2, 0.25) is 5.91 Å². The number of benzene rings is 2. The molecule has 2 aromatic rings. The number of carbonyl (C=O) groups excluding carboxylic acids is 2. The molecule has 0 aromatic heterocycles. The van der Waals surface area contributed by atoms with E-state index in [1.165, 1.54) is 0 Å². The van der Waals surface area contributed by atoms with E-state index in [9.17, 15) is 9.59 Å². The summed E-state index contributed by atoms with van der Waals surface area (Å²) in [5, 5.41) is 8.60. The summed E-state index contributed by atoms with van der Waals surface area (Å²) >= 11 is 12.9. The molecule has 0 aliphatic heterocycles. The van der Waals surface area contributed by atoms with E-state index in [1.54, 1.807) is 31.2 Å². The van der Waals surface area contributed by atoms with Gasteiger partial charge < -0.3 is 16.0 Å². The first-order valence-electron chi connectivity index (χ1n) is 7.47. The fourth-order valence-corrected chi connectivity index (χ4v) is 4.42. The SMILES string of the molecule is CCC(=O)NC(=S)Nc1ccc(NC(=O)c2cc(I)cc(I)c2Br)cc1. The highest BCUT2D eigenvalue weighted by Crippen LogP contribution is 2.27. The Balaban J connectivity index is 2.04. The van der Waals surface area contributed by atoms with Gasteiger partial charge in [-0.15, -0.1) is 0 Å². The molecule has 0 radical (unpaired) electrons. The Hall–Kier alpha value is -0.790. The third-order valence-electron chi connectivity index (χ3n) is 3.21. The maximum Gasteiger partial charge on any atom is 0.256 e. The fourth-order valence-electron chi connectivity index (χ4n) is 1.93. The number of amides is 2. The molecular weight excluding hydrogens is 644 g/mol. The first kappa shape index (κ1) is 21.5. The van der Waals surface area contributed by atoms with Crippen LogP contribution in [0.25, 0.3) is 0 Å². The molecule has 2 amide bonds. The molecular formula is C17H14BrI2N3O2S. The van der Waals surface area contributed by atoms with E-state index in [4.69, 9.17) is 12.2 Å². The van der Waals surface area contributed by atoms with E-state index in [1.807, 2.05) is 12.1 Å². The fraction of sp³-hybridized carbons (Fsp3) is 0.118. The summed E-state index contributed by atoms with van der Waals surface area (Å²) in [5.74, 6) is -0.344. The number of nitrogens with one attached hydrogen (secondary N) is 3. The molecule has 0 aliphatic carbocycles. The van der Waals surface area contributed by atoms with E-state index in [-0.39, 0.29) is 16.9 Å². The van der Waals surface area contributed by atoms with Crippen molar-refractivity contribution in [3.8, 4) is 0 Å².